The number of aryl methyl sites for hydroxylation is 1. The number of fused-ring (bicyclic) bond motifs is 3. The quantitative estimate of drug-likeness (QED) is 0.160. The van der Waals surface area contributed by atoms with Gasteiger partial charge in [-0.05, 0) is 48.8 Å². The van der Waals surface area contributed by atoms with Crippen LogP contribution in [0.15, 0.2) is 60.6 Å². The van der Waals surface area contributed by atoms with E-state index in [1.807, 2.05) is 0 Å². The van der Waals surface area contributed by atoms with Crippen LogP contribution >= 0.6 is 0 Å². The van der Waals surface area contributed by atoms with Gasteiger partial charge in [0.2, 0.25) is 0 Å². The Morgan fingerprint density at radius 3 is 2.44 bits per heavy atom. The fourth-order valence-electron chi connectivity index (χ4n) is 4.30. The Bertz CT molecular complexity index is 1370. The van der Waals surface area contributed by atoms with E-state index in [0.717, 1.165) is 22.2 Å². The summed E-state index contributed by atoms with van der Waals surface area (Å²) < 4.78 is 0. The molecule has 0 fully saturated rings. The number of hydrogen-bond donors (Lipinski definition) is 1. The third kappa shape index (κ3) is 4.23. The van der Waals surface area contributed by atoms with Crippen LogP contribution in [0.2, 0.25) is 0 Å². The Labute approximate surface area is 201 Å². The number of hydrogen-bond acceptors (Lipinski definition) is 4. The van der Waals surface area contributed by atoms with E-state index in [1.165, 1.54) is 47.4 Å². The number of allylic oxidation sites excluding steroid dienone is 2. The zero-order valence-corrected chi connectivity index (χ0v) is 21.2. The van der Waals surface area contributed by atoms with E-state index in [0.29, 0.717) is 0 Å². The van der Waals surface area contributed by atoms with Gasteiger partial charge in [0.05, 0.1) is 11.3 Å². The molecule has 0 aliphatic heterocycles. The number of nitrogens with zero attached hydrogens (tertiary/aromatic N) is 2. The van der Waals surface area contributed by atoms with E-state index < -0.39 is 0 Å². The van der Waals surface area contributed by atoms with Crippen molar-refractivity contribution in [3.63, 3.8) is 0 Å². The van der Waals surface area contributed by atoms with E-state index in [1.54, 1.807) is 6.33 Å². The van der Waals surface area contributed by atoms with Crippen LogP contribution in [0.3, 0.4) is 0 Å². The third-order valence-corrected chi connectivity index (χ3v) is 5.67. The molecule has 0 spiro atoms. The van der Waals surface area contributed by atoms with Crippen molar-refractivity contribution in [3.05, 3.63) is 83.4 Å². The number of aliphatic hydroxyl groups excluding tert-OH is 1. The van der Waals surface area contributed by atoms with Crippen LogP contribution in [0.1, 0.15) is 44.4 Å². The molecular weight excluding hydrogens is 577 g/mol. The molecule has 0 amide bonds. The molecule has 3 aromatic carbocycles. The predicted octanol–water partition coefficient (Wildman–Crippen LogP) is 6.23. The summed E-state index contributed by atoms with van der Waals surface area (Å²) in [6.07, 6.45) is 2.84. The molecule has 5 rings (SSSR count). The topological polar surface area (TPSA) is 63.1 Å². The molecule has 1 aromatic heterocycles. The summed E-state index contributed by atoms with van der Waals surface area (Å²) in [6.45, 7) is 9.56. The van der Waals surface area contributed by atoms with Gasteiger partial charge in [-0.1, -0.05) is 54.6 Å². The third-order valence-electron chi connectivity index (χ3n) is 5.67. The van der Waals surface area contributed by atoms with Crippen molar-refractivity contribution in [1.29, 1.82) is 0 Å². The Balaban J connectivity index is 0.000000318. The molecule has 0 atom stereocenters. The van der Waals surface area contributed by atoms with Crippen LogP contribution in [0, 0.1) is 13.0 Å². The van der Waals surface area contributed by atoms with E-state index in [2.05, 4.69) is 79.3 Å². The standard InChI is InChI=1S/C22H17N2.C5H8O2.Ir/c1-13-8-18-20-19(9-13)23-12-24-21(20)16-10-14-6-4-5-7-15(14)11-17(16)22(18,2)3;1-4(6)3-5(2)7;/h4-9,11-12H,1-3H3;3,6H,1-2H3;/q-1;;/b;4-3-;. The minimum absolute atomic E-state index is 0. The van der Waals surface area contributed by atoms with Crippen molar-refractivity contribution in [3.8, 4) is 11.3 Å². The minimum Gasteiger partial charge on any atom is -0.512 e. The van der Waals surface area contributed by atoms with Gasteiger partial charge in [-0.25, -0.2) is 4.98 Å². The van der Waals surface area contributed by atoms with Crippen molar-refractivity contribution in [1.82, 2.24) is 9.97 Å². The first kappa shape index (κ1) is 23.8. The minimum atomic E-state index is -0.125. The first-order chi connectivity index (χ1) is 14.7. The summed E-state index contributed by atoms with van der Waals surface area (Å²) in [7, 11) is 0. The fourth-order valence-corrected chi connectivity index (χ4v) is 4.30. The van der Waals surface area contributed by atoms with Crippen LogP contribution in [0.4, 0.5) is 0 Å². The van der Waals surface area contributed by atoms with Crippen LogP contribution in [0.5, 0.6) is 0 Å². The molecule has 1 heterocycles. The molecule has 1 aliphatic carbocycles. The maximum Gasteiger partial charge on any atom is 0.155 e. The van der Waals surface area contributed by atoms with Crippen molar-refractivity contribution in [2.45, 2.75) is 40.0 Å². The molecule has 1 N–H and O–H groups in total. The molecule has 4 aromatic rings. The number of aliphatic hydroxyl groups is 1. The number of aromatic nitrogens is 2. The smallest absolute Gasteiger partial charge is 0.155 e. The fraction of sp³-hybridized carbons (Fsp3) is 0.222. The molecular formula is C27H25IrN2O2-. The summed E-state index contributed by atoms with van der Waals surface area (Å²) in [6, 6.07) is 18.8. The molecule has 0 saturated heterocycles. The summed E-state index contributed by atoms with van der Waals surface area (Å²) in [5.41, 5.74) is 6.89. The maximum atomic E-state index is 10.0. The maximum absolute atomic E-state index is 10.0. The molecule has 1 aliphatic rings. The first-order valence-electron chi connectivity index (χ1n) is 10.3. The Kier molecular flexibility index (Phi) is 6.64. The summed E-state index contributed by atoms with van der Waals surface area (Å²) in [4.78, 5) is 19.2. The van der Waals surface area contributed by atoms with Gasteiger partial charge in [-0.15, -0.1) is 23.6 Å². The Morgan fingerprint density at radius 1 is 1.06 bits per heavy atom. The zero-order valence-electron chi connectivity index (χ0n) is 18.8. The Hall–Kier alpha value is -2.88. The number of carbonyl (C=O) groups excluding carboxylic acids is 1. The van der Waals surface area contributed by atoms with Gasteiger partial charge >= 0.3 is 0 Å². The monoisotopic (exact) mass is 602 g/mol. The normalized spacial score (nSPS) is 13.6. The van der Waals surface area contributed by atoms with Crippen LogP contribution < -0.4 is 0 Å². The number of carbonyl (C=O) groups is 1. The van der Waals surface area contributed by atoms with Crippen LogP contribution in [-0.4, -0.2) is 20.9 Å². The molecule has 0 unspecified atom stereocenters. The number of benzene rings is 3. The molecule has 0 bridgehead atoms. The first-order valence-corrected chi connectivity index (χ1v) is 10.3. The number of ketones is 1. The van der Waals surface area contributed by atoms with Gasteiger partial charge in [0.15, 0.2) is 5.78 Å². The Morgan fingerprint density at radius 2 is 1.78 bits per heavy atom. The van der Waals surface area contributed by atoms with Crippen molar-refractivity contribution in [2.24, 2.45) is 0 Å². The number of rotatable bonds is 1. The van der Waals surface area contributed by atoms with E-state index >= 15 is 0 Å². The van der Waals surface area contributed by atoms with Crippen molar-refractivity contribution < 1.29 is 30.0 Å². The van der Waals surface area contributed by atoms with Crippen molar-refractivity contribution >= 4 is 27.5 Å². The molecule has 32 heavy (non-hydrogen) atoms. The zero-order chi connectivity index (χ0) is 22.3. The van der Waals surface area contributed by atoms with Crippen molar-refractivity contribution in [2.75, 3.05) is 0 Å². The van der Waals surface area contributed by atoms with E-state index in [-0.39, 0.29) is 37.1 Å². The summed E-state index contributed by atoms with van der Waals surface area (Å²) >= 11 is 0. The second-order valence-electron chi connectivity index (χ2n) is 8.60. The molecule has 0 saturated carbocycles. The molecule has 4 nitrogen and oxygen atoms in total. The van der Waals surface area contributed by atoms with Gasteiger partial charge in [-0.3, -0.25) is 9.78 Å². The average molecular weight is 602 g/mol. The predicted molar refractivity (Wildman–Crippen MR) is 125 cm³/mol. The van der Waals surface area contributed by atoms with Gasteiger partial charge < -0.3 is 5.11 Å². The molecule has 1 radical (unpaired) electrons. The molecule has 165 valence electrons. The van der Waals surface area contributed by atoms with E-state index in [4.69, 9.17) is 5.11 Å². The average Bonchev–Trinajstić information content (AvgIpc) is 2.70. The van der Waals surface area contributed by atoms with E-state index in [9.17, 15) is 4.79 Å². The van der Waals surface area contributed by atoms with Crippen LogP contribution in [-0.2, 0) is 30.3 Å². The largest absolute Gasteiger partial charge is 0.512 e. The second-order valence-corrected chi connectivity index (χ2v) is 8.60. The van der Waals surface area contributed by atoms with Gasteiger partial charge in [0.25, 0.3) is 0 Å². The molecule has 5 heteroatoms. The summed E-state index contributed by atoms with van der Waals surface area (Å²) in [5.74, 6) is -0.0625. The van der Waals surface area contributed by atoms with Gasteiger partial charge in [-0.2, -0.15) is 0 Å². The summed E-state index contributed by atoms with van der Waals surface area (Å²) in [5, 5.41) is 11.9. The van der Waals surface area contributed by atoms with Gasteiger partial charge in [0, 0.05) is 31.9 Å². The SMILES string of the molecule is CC(=O)/C=C(/C)O.Cc1cc2c3c(ncnc3c1)-c1[c-]c3ccccc3cc1C2(C)C.[Ir]. The van der Waals surface area contributed by atoms with Crippen LogP contribution in [0.25, 0.3) is 32.9 Å². The second kappa shape index (κ2) is 8.93. The van der Waals surface area contributed by atoms with Gasteiger partial charge in [0.1, 0.15) is 6.33 Å².